The van der Waals surface area contributed by atoms with E-state index in [0.29, 0.717) is 10.6 Å². The highest BCUT2D eigenvalue weighted by molar-refractivity contribution is 7.17. The number of carbonyl (C=O) groups is 2. The summed E-state index contributed by atoms with van der Waals surface area (Å²) >= 11 is 1.23. The van der Waals surface area contributed by atoms with Crippen molar-refractivity contribution in [1.29, 1.82) is 0 Å². The van der Waals surface area contributed by atoms with Crippen LogP contribution in [0.25, 0.3) is 11.1 Å². The van der Waals surface area contributed by atoms with Gasteiger partial charge in [0, 0.05) is 22.1 Å². The van der Waals surface area contributed by atoms with E-state index in [0.717, 1.165) is 22.1 Å². The van der Waals surface area contributed by atoms with Crippen LogP contribution in [0.2, 0.25) is 0 Å². The molecule has 31 heavy (non-hydrogen) atoms. The summed E-state index contributed by atoms with van der Waals surface area (Å²) in [4.78, 5) is 36.9. The minimum Gasteiger partial charge on any atom is -0.490 e. The lowest BCUT2D eigenvalue weighted by Gasteiger charge is -2.09. The number of aryl methyl sites for hydroxylation is 2. The largest absolute Gasteiger partial charge is 0.490 e. The van der Waals surface area contributed by atoms with Crippen molar-refractivity contribution in [1.82, 2.24) is 0 Å². The second kappa shape index (κ2) is 8.97. The summed E-state index contributed by atoms with van der Waals surface area (Å²) in [5, 5.41) is 14.3. The van der Waals surface area contributed by atoms with E-state index in [-0.39, 0.29) is 22.6 Å². The number of nitro groups is 1. The Morgan fingerprint density at radius 3 is 2.32 bits per heavy atom. The number of anilines is 1. The van der Waals surface area contributed by atoms with Crippen LogP contribution in [0.5, 0.6) is 5.75 Å². The predicted octanol–water partition coefficient (Wildman–Crippen LogP) is 4.99. The number of nitrogens with zero attached hydrogens (tertiary/aromatic N) is 1. The predicted molar refractivity (Wildman–Crippen MR) is 118 cm³/mol. The number of methoxy groups -OCH3 is 2. The van der Waals surface area contributed by atoms with Crippen LogP contribution >= 0.6 is 11.3 Å². The molecule has 8 nitrogen and oxygen atoms in total. The molecule has 3 rings (SSSR count). The number of thiophene rings is 1. The summed E-state index contributed by atoms with van der Waals surface area (Å²) in [6.45, 7) is 3.81. The number of carbonyl (C=O) groups excluding carboxylic acids is 2. The highest BCUT2D eigenvalue weighted by atomic mass is 32.1. The van der Waals surface area contributed by atoms with Crippen molar-refractivity contribution in [2.75, 3.05) is 19.5 Å². The smallest absolute Gasteiger partial charge is 0.341 e. The molecule has 160 valence electrons. The number of nitrogens with one attached hydrogen (secondary N) is 1. The number of nitro benzene ring substituents is 1. The fourth-order valence-corrected chi connectivity index (χ4v) is 4.21. The van der Waals surface area contributed by atoms with Gasteiger partial charge in [-0.2, -0.15) is 0 Å². The Morgan fingerprint density at radius 2 is 1.74 bits per heavy atom. The molecule has 0 aliphatic heterocycles. The van der Waals surface area contributed by atoms with Gasteiger partial charge in [0.2, 0.25) is 0 Å². The van der Waals surface area contributed by atoms with Gasteiger partial charge in [0.05, 0.1) is 19.1 Å². The Morgan fingerprint density at radius 1 is 1.06 bits per heavy atom. The summed E-state index contributed by atoms with van der Waals surface area (Å²) in [6.07, 6.45) is 0. The van der Waals surface area contributed by atoms with Crippen molar-refractivity contribution in [2.45, 2.75) is 13.8 Å². The average molecular weight is 440 g/mol. The van der Waals surface area contributed by atoms with Crippen molar-refractivity contribution in [3.8, 4) is 16.9 Å². The Kier molecular flexibility index (Phi) is 6.36. The summed E-state index contributed by atoms with van der Waals surface area (Å²) < 4.78 is 9.92. The van der Waals surface area contributed by atoms with Crippen LogP contribution in [-0.2, 0) is 4.74 Å². The van der Waals surface area contributed by atoms with Crippen molar-refractivity contribution >= 4 is 33.9 Å². The van der Waals surface area contributed by atoms with Gasteiger partial charge in [-0.3, -0.25) is 14.9 Å². The molecule has 1 N–H and O–H groups in total. The first-order chi connectivity index (χ1) is 14.8. The van der Waals surface area contributed by atoms with E-state index < -0.39 is 16.8 Å². The molecule has 1 amide bonds. The van der Waals surface area contributed by atoms with Crippen molar-refractivity contribution in [2.24, 2.45) is 0 Å². The number of hydrogen-bond donors (Lipinski definition) is 1. The molecule has 3 aromatic rings. The van der Waals surface area contributed by atoms with Gasteiger partial charge in [-0.25, -0.2) is 4.79 Å². The standard InChI is InChI=1S/C22H20N2O6S/c1-12-5-7-14(8-6-12)18-13(2)31-21(19(18)22(26)30-4)23-20(25)15-9-10-17(29-3)16(11-15)24(27)28/h5-11H,1-4H3,(H,23,25). The zero-order valence-electron chi connectivity index (χ0n) is 17.3. The maximum Gasteiger partial charge on any atom is 0.341 e. The number of rotatable bonds is 6. The van der Waals surface area contributed by atoms with E-state index in [1.54, 1.807) is 0 Å². The third-order valence-corrected chi connectivity index (χ3v) is 5.70. The highest BCUT2D eigenvalue weighted by Crippen LogP contribution is 2.40. The number of ether oxygens (including phenoxy) is 2. The summed E-state index contributed by atoms with van der Waals surface area (Å²) in [6, 6.07) is 11.6. The molecule has 0 unspecified atom stereocenters. The molecule has 0 fully saturated rings. The number of esters is 1. The highest BCUT2D eigenvalue weighted by Gasteiger charge is 2.26. The molecule has 1 heterocycles. The molecule has 2 aromatic carbocycles. The van der Waals surface area contributed by atoms with Crippen molar-refractivity contribution in [3.63, 3.8) is 0 Å². The van der Waals surface area contributed by atoms with Gasteiger partial charge in [0.1, 0.15) is 10.6 Å². The van der Waals surface area contributed by atoms with Crippen LogP contribution < -0.4 is 10.1 Å². The molecular weight excluding hydrogens is 420 g/mol. The molecule has 0 spiro atoms. The van der Waals surface area contributed by atoms with E-state index in [1.165, 1.54) is 37.7 Å². The molecule has 0 saturated carbocycles. The van der Waals surface area contributed by atoms with Crippen LogP contribution in [0.1, 0.15) is 31.2 Å². The Hall–Kier alpha value is -3.72. The SMILES string of the molecule is COC(=O)c1c(NC(=O)c2ccc(OC)c([N+](=O)[O-])c2)sc(C)c1-c1ccc(C)cc1. The Bertz CT molecular complexity index is 1170. The fourth-order valence-electron chi connectivity index (χ4n) is 3.15. The number of amides is 1. The summed E-state index contributed by atoms with van der Waals surface area (Å²) in [5.74, 6) is -1.13. The minimum absolute atomic E-state index is 0.0467. The van der Waals surface area contributed by atoms with Crippen LogP contribution in [-0.4, -0.2) is 31.0 Å². The molecule has 0 atom stereocenters. The lowest BCUT2D eigenvalue weighted by atomic mass is 10.0. The minimum atomic E-state index is -0.625. The molecule has 9 heteroatoms. The van der Waals surface area contributed by atoms with E-state index in [4.69, 9.17) is 9.47 Å². The maximum absolute atomic E-state index is 12.8. The van der Waals surface area contributed by atoms with Crippen molar-refractivity contribution < 1.29 is 24.0 Å². The van der Waals surface area contributed by atoms with E-state index in [2.05, 4.69) is 5.32 Å². The van der Waals surface area contributed by atoms with Gasteiger partial charge in [0.15, 0.2) is 5.75 Å². The first-order valence-corrected chi connectivity index (χ1v) is 10.0. The maximum atomic E-state index is 12.8. The monoisotopic (exact) mass is 440 g/mol. The van der Waals surface area contributed by atoms with E-state index >= 15 is 0 Å². The quantitative estimate of drug-likeness (QED) is 0.329. The number of benzene rings is 2. The van der Waals surface area contributed by atoms with Gasteiger partial charge in [0.25, 0.3) is 5.91 Å². The third kappa shape index (κ3) is 4.41. The van der Waals surface area contributed by atoms with E-state index in [9.17, 15) is 19.7 Å². The van der Waals surface area contributed by atoms with Crippen LogP contribution in [0, 0.1) is 24.0 Å². The topological polar surface area (TPSA) is 108 Å². The molecular formula is C22H20N2O6S. The number of hydrogen-bond acceptors (Lipinski definition) is 7. The normalized spacial score (nSPS) is 10.5. The van der Waals surface area contributed by atoms with Gasteiger partial charge in [-0.1, -0.05) is 29.8 Å². The van der Waals surface area contributed by atoms with Crippen molar-refractivity contribution in [3.05, 3.63) is 74.1 Å². The van der Waals surface area contributed by atoms with Gasteiger partial charge in [-0.05, 0) is 31.5 Å². The molecule has 0 aliphatic rings. The first-order valence-electron chi connectivity index (χ1n) is 9.19. The Labute approximate surface area is 182 Å². The molecule has 0 radical (unpaired) electrons. The molecule has 1 aromatic heterocycles. The lowest BCUT2D eigenvalue weighted by Crippen LogP contribution is -2.14. The summed E-state index contributed by atoms with van der Waals surface area (Å²) in [7, 11) is 2.58. The van der Waals surface area contributed by atoms with Crippen LogP contribution in [0.15, 0.2) is 42.5 Å². The zero-order chi connectivity index (χ0) is 22.7. The fraction of sp³-hybridized carbons (Fsp3) is 0.182. The average Bonchev–Trinajstić information content (AvgIpc) is 3.08. The Balaban J connectivity index is 2.04. The lowest BCUT2D eigenvalue weighted by molar-refractivity contribution is -0.385. The third-order valence-electron chi connectivity index (χ3n) is 4.68. The van der Waals surface area contributed by atoms with Gasteiger partial charge < -0.3 is 14.8 Å². The van der Waals surface area contributed by atoms with Gasteiger partial charge >= 0.3 is 11.7 Å². The van der Waals surface area contributed by atoms with Crippen LogP contribution in [0.3, 0.4) is 0 Å². The van der Waals surface area contributed by atoms with E-state index in [1.807, 2.05) is 38.1 Å². The second-order valence-corrected chi connectivity index (χ2v) is 7.92. The zero-order valence-corrected chi connectivity index (χ0v) is 18.2. The first kappa shape index (κ1) is 22.0. The van der Waals surface area contributed by atoms with Crippen LogP contribution in [0.4, 0.5) is 10.7 Å². The second-order valence-electron chi connectivity index (χ2n) is 6.69. The summed E-state index contributed by atoms with van der Waals surface area (Å²) in [5.41, 5.74) is 2.54. The molecule has 0 bridgehead atoms. The van der Waals surface area contributed by atoms with Gasteiger partial charge in [-0.15, -0.1) is 11.3 Å². The molecule has 0 aliphatic carbocycles. The molecule has 0 saturated heterocycles.